The molecule has 1 saturated heterocycles. The molecule has 0 bridgehead atoms. The van der Waals surface area contributed by atoms with Crippen LogP contribution in [0.5, 0.6) is 0 Å². The largest absolute Gasteiger partial charge is 0.387 e. The smallest absolute Gasteiger partial charge is 0.0923 e. The summed E-state index contributed by atoms with van der Waals surface area (Å²) in [6.07, 6.45) is 2.98. The van der Waals surface area contributed by atoms with Crippen LogP contribution in [0.4, 0.5) is 0 Å². The van der Waals surface area contributed by atoms with Crippen LogP contribution >= 0.6 is 35.0 Å². The van der Waals surface area contributed by atoms with E-state index in [-0.39, 0.29) is 5.25 Å². The lowest BCUT2D eigenvalue weighted by Crippen LogP contribution is -2.19. The number of thioether (sulfide) groups is 1. The molecular weight excluding hydrogens is 263 g/mol. The number of rotatable bonds is 2. The standard InChI is InChI=1S/C12H14Cl2OS/c13-9-5-3-4-8(11(9)14)12(15)10-6-1-2-7-16-10/h3-5,10,12,15H,1-2,6-7H2. The van der Waals surface area contributed by atoms with Crippen molar-refractivity contribution in [3.05, 3.63) is 33.8 Å². The van der Waals surface area contributed by atoms with Crippen molar-refractivity contribution in [3.63, 3.8) is 0 Å². The summed E-state index contributed by atoms with van der Waals surface area (Å²) < 4.78 is 0. The number of hydrogen-bond donors (Lipinski definition) is 1. The molecule has 0 radical (unpaired) electrons. The number of benzene rings is 1. The van der Waals surface area contributed by atoms with Gasteiger partial charge in [-0.25, -0.2) is 0 Å². The van der Waals surface area contributed by atoms with Crippen molar-refractivity contribution in [2.45, 2.75) is 30.6 Å². The first-order valence-electron chi connectivity index (χ1n) is 5.43. The van der Waals surface area contributed by atoms with Gasteiger partial charge in [0, 0.05) is 10.8 Å². The average Bonchev–Trinajstić information content (AvgIpc) is 2.33. The summed E-state index contributed by atoms with van der Waals surface area (Å²) in [4.78, 5) is 0. The normalized spacial score (nSPS) is 23.1. The Bertz CT molecular complexity index is 364. The molecule has 0 aliphatic carbocycles. The Morgan fingerprint density at radius 1 is 1.31 bits per heavy atom. The third-order valence-corrected chi connectivity index (χ3v) is 5.15. The molecule has 88 valence electrons. The zero-order valence-electron chi connectivity index (χ0n) is 8.83. The Hall–Kier alpha value is 0.110. The van der Waals surface area contributed by atoms with Crippen LogP contribution < -0.4 is 0 Å². The van der Waals surface area contributed by atoms with E-state index in [0.717, 1.165) is 17.7 Å². The van der Waals surface area contributed by atoms with Gasteiger partial charge >= 0.3 is 0 Å². The molecule has 1 aliphatic rings. The second-order valence-corrected chi connectivity index (χ2v) is 6.13. The highest BCUT2D eigenvalue weighted by Gasteiger charge is 2.25. The molecule has 1 N–H and O–H groups in total. The van der Waals surface area contributed by atoms with Crippen molar-refractivity contribution in [1.82, 2.24) is 0 Å². The molecule has 16 heavy (non-hydrogen) atoms. The Morgan fingerprint density at radius 3 is 2.81 bits per heavy atom. The number of halogens is 2. The van der Waals surface area contributed by atoms with Gasteiger partial charge in [0.2, 0.25) is 0 Å². The lowest BCUT2D eigenvalue weighted by Gasteiger charge is -2.27. The van der Waals surface area contributed by atoms with E-state index in [9.17, 15) is 5.11 Å². The molecule has 0 saturated carbocycles. The summed E-state index contributed by atoms with van der Waals surface area (Å²) >= 11 is 13.9. The number of hydrogen-bond acceptors (Lipinski definition) is 2. The van der Waals surface area contributed by atoms with E-state index in [1.54, 1.807) is 6.07 Å². The van der Waals surface area contributed by atoms with E-state index in [0.29, 0.717) is 10.0 Å². The Labute approximate surface area is 110 Å². The first-order valence-corrected chi connectivity index (χ1v) is 7.24. The lowest BCUT2D eigenvalue weighted by molar-refractivity contribution is 0.169. The van der Waals surface area contributed by atoms with Crippen molar-refractivity contribution in [1.29, 1.82) is 0 Å². The minimum atomic E-state index is -0.503. The molecule has 0 aromatic heterocycles. The van der Waals surface area contributed by atoms with Crippen molar-refractivity contribution < 1.29 is 5.11 Å². The van der Waals surface area contributed by atoms with E-state index in [1.165, 1.54) is 12.8 Å². The van der Waals surface area contributed by atoms with Crippen LogP contribution in [-0.4, -0.2) is 16.1 Å². The van der Waals surface area contributed by atoms with Crippen molar-refractivity contribution in [2.75, 3.05) is 5.75 Å². The highest BCUT2D eigenvalue weighted by molar-refractivity contribution is 7.99. The molecule has 1 fully saturated rings. The molecule has 1 nitrogen and oxygen atoms in total. The number of aliphatic hydroxyl groups excluding tert-OH is 1. The van der Waals surface area contributed by atoms with Gasteiger partial charge in [0.15, 0.2) is 0 Å². The van der Waals surface area contributed by atoms with Crippen LogP contribution in [0.15, 0.2) is 18.2 Å². The fraction of sp³-hybridized carbons (Fsp3) is 0.500. The Balaban J connectivity index is 2.19. The van der Waals surface area contributed by atoms with Crippen LogP contribution in [0.25, 0.3) is 0 Å². The second kappa shape index (κ2) is 5.63. The van der Waals surface area contributed by atoms with Gasteiger partial charge in [-0.05, 0) is 24.7 Å². The van der Waals surface area contributed by atoms with Gasteiger partial charge in [-0.2, -0.15) is 11.8 Å². The van der Waals surface area contributed by atoms with E-state index in [4.69, 9.17) is 23.2 Å². The van der Waals surface area contributed by atoms with Gasteiger partial charge in [0.1, 0.15) is 0 Å². The number of aliphatic hydroxyl groups is 1. The maximum atomic E-state index is 10.3. The topological polar surface area (TPSA) is 20.2 Å². The van der Waals surface area contributed by atoms with E-state index in [2.05, 4.69) is 0 Å². The summed E-state index contributed by atoms with van der Waals surface area (Å²) in [5.74, 6) is 1.12. The maximum Gasteiger partial charge on any atom is 0.0923 e. The average molecular weight is 277 g/mol. The third-order valence-electron chi connectivity index (χ3n) is 2.87. The van der Waals surface area contributed by atoms with E-state index in [1.807, 2.05) is 23.9 Å². The molecule has 1 aromatic carbocycles. The zero-order chi connectivity index (χ0) is 11.5. The molecule has 2 unspecified atom stereocenters. The molecule has 1 heterocycles. The molecule has 1 aromatic rings. The van der Waals surface area contributed by atoms with Crippen LogP contribution in [0, 0.1) is 0 Å². The SMILES string of the molecule is OC(c1cccc(Cl)c1Cl)C1CCCCS1. The minimum Gasteiger partial charge on any atom is -0.387 e. The highest BCUT2D eigenvalue weighted by Crippen LogP contribution is 2.38. The predicted molar refractivity (Wildman–Crippen MR) is 71.5 cm³/mol. The highest BCUT2D eigenvalue weighted by atomic mass is 35.5. The van der Waals surface area contributed by atoms with Crippen LogP contribution in [0.3, 0.4) is 0 Å². The molecular formula is C12H14Cl2OS. The Kier molecular flexibility index (Phi) is 4.42. The predicted octanol–water partition coefficient (Wildman–Crippen LogP) is 4.31. The van der Waals surface area contributed by atoms with Crippen molar-refractivity contribution in [3.8, 4) is 0 Å². The summed E-state index contributed by atoms with van der Waals surface area (Å²) in [5, 5.41) is 11.5. The van der Waals surface area contributed by atoms with Crippen LogP contribution in [-0.2, 0) is 0 Å². The summed E-state index contributed by atoms with van der Waals surface area (Å²) in [6, 6.07) is 5.43. The summed E-state index contributed by atoms with van der Waals surface area (Å²) in [7, 11) is 0. The quantitative estimate of drug-likeness (QED) is 0.869. The van der Waals surface area contributed by atoms with Gasteiger partial charge < -0.3 is 5.11 Å². The van der Waals surface area contributed by atoms with Crippen LogP contribution in [0.1, 0.15) is 30.9 Å². The first kappa shape index (κ1) is 12.6. The third kappa shape index (κ3) is 2.67. The van der Waals surface area contributed by atoms with Crippen molar-refractivity contribution in [2.24, 2.45) is 0 Å². The molecule has 2 rings (SSSR count). The van der Waals surface area contributed by atoms with E-state index >= 15 is 0 Å². The molecule has 2 atom stereocenters. The molecule has 4 heteroatoms. The fourth-order valence-electron chi connectivity index (χ4n) is 1.96. The lowest BCUT2D eigenvalue weighted by atomic mass is 10.0. The van der Waals surface area contributed by atoms with Gasteiger partial charge in [-0.15, -0.1) is 0 Å². The molecule has 1 aliphatic heterocycles. The summed E-state index contributed by atoms with van der Waals surface area (Å²) in [6.45, 7) is 0. The van der Waals surface area contributed by atoms with Gasteiger partial charge in [0.25, 0.3) is 0 Å². The van der Waals surface area contributed by atoms with Crippen molar-refractivity contribution >= 4 is 35.0 Å². The van der Waals surface area contributed by atoms with Gasteiger partial charge in [0.05, 0.1) is 16.1 Å². The molecule has 0 amide bonds. The fourth-order valence-corrected chi connectivity index (χ4v) is 3.72. The Morgan fingerprint density at radius 2 is 2.12 bits per heavy atom. The maximum absolute atomic E-state index is 10.3. The first-order chi connectivity index (χ1) is 7.70. The van der Waals surface area contributed by atoms with Crippen LogP contribution in [0.2, 0.25) is 10.0 Å². The van der Waals surface area contributed by atoms with Gasteiger partial charge in [-0.1, -0.05) is 41.8 Å². The second-order valence-electron chi connectivity index (χ2n) is 3.99. The van der Waals surface area contributed by atoms with E-state index < -0.39 is 6.10 Å². The monoisotopic (exact) mass is 276 g/mol. The molecule has 0 spiro atoms. The van der Waals surface area contributed by atoms with Gasteiger partial charge in [-0.3, -0.25) is 0 Å². The summed E-state index contributed by atoms with van der Waals surface area (Å²) in [5.41, 5.74) is 0.758. The minimum absolute atomic E-state index is 0.254. The zero-order valence-corrected chi connectivity index (χ0v) is 11.2.